The van der Waals surface area contributed by atoms with Crippen molar-refractivity contribution in [3.05, 3.63) is 27.2 Å². The molecule has 2 aromatic rings. The number of carbonyl (C=O) groups excluding carboxylic acids is 1. The summed E-state index contributed by atoms with van der Waals surface area (Å²) in [5, 5.41) is 0. The zero-order valence-electron chi connectivity index (χ0n) is 11.4. The summed E-state index contributed by atoms with van der Waals surface area (Å²) in [6.45, 7) is 3.85. The van der Waals surface area contributed by atoms with E-state index in [4.69, 9.17) is 9.47 Å². The molecular weight excluding hydrogens is 373 g/mol. The third kappa shape index (κ3) is 2.77. The fourth-order valence-corrected chi connectivity index (χ4v) is 2.41. The summed E-state index contributed by atoms with van der Waals surface area (Å²) in [6.07, 6.45) is 1.66. The van der Waals surface area contributed by atoms with Gasteiger partial charge in [-0.05, 0) is 42.5 Å². The second-order valence-corrected chi connectivity index (χ2v) is 5.12. The molecule has 0 aliphatic rings. The Bertz CT molecular complexity index is 640. The van der Waals surface area contributed by atoms with Gasteiger partial charge >= 0.3 is 5.97 Å². The second-order valence-electron chi connectivity index (χ2n) is 3.96. The molecule has 0 aliphatic heterocycles. The lowest BCUT2D eigenvalue weighted by Gasteiger charge is -2.06. The second kappa shape index (κ2) is 6.21. The zero-order valence-corrected chi connectivity index (χ0v) is 13.5. The number of hydrogen-bond acceptors (Lipinski definition) is 5. The van der Waals surface area contributed by atoms with Gasteiger partial charge in [-0.1, -0.05) is 0 Å². The molecule has 0 amide bonds. The molecule has 20 heavy (non-hydrogen) atoms. The minimum absolute atomic E-state index is 0.281. The Morgan fingerprint density at radius 3 is 2.90 bits per heavy atom. The van der Waals surface area contributed by atoms with E-state index < -0.39 is 5.97 Å². The van der Waals surface area contributed by atoms with Crippen LogP contribution in [0.15, 0.2) is 12.3 Å². The number of H-pyrrole nitrogens is 1. The number of halogens is 1. The summed E-state index contributed by atoms with van der Waals surface area (Å²) in [7, 11) is 1.55. The van der Waals surface area contributed by atoms with E-state index in [9.17, 15) is 4.79 Å². The zero-order chi connectivity index (χ0) is 14.7. The Morgan fingerprint density at radius 1 is 1.50 bits per heavy atom. The van der Waals surface area contributed by atoms with E-state index in [-0.39, 0.29) is 5.69 Å². The number of esters is 1. The highest BCUT2D eigenvalue weighted by Crippen LogP contribution is 2.31. The number of hydrogen-bond donors (Lipinski definition) is 1. The number of nitrogens with one attached hydrogen (secondary N) is 1. The van der Waals surface area contributed by atoms with Crippen LogP contribution in [0.1, 0.15) is 23.1 Å². The van der Waals surface area contributed by atoms with Gasteiger partial charge in [0, 0.05) is 15.5 Å². The van der Waals surface area contributed by atoms with E-state index >= 15 is 0 Å². The Balaban J connectivity index is 2.50. The smallest absolute Gasteiger partial charge is 0.358 e. The first-order valence-electron chi connectivity index (χ1n) is 6.01. The molecule has 2 aromatic heterocycles. The van der Waals surface area contributed by atoms with Gasteiger partial charge in [-0.15, -0.1) is 0 Å². The molecular formula is C13H14IN3O3. The maximum Gasteiger partial charge on any atom is 0.358 e. The first-order valence-corrected chi connectivity index (χ1v) is 7.09. The highest BCUT2D eigenvalue weighted by Gasteiger charge is 2.20. The Kier molecular flexibility index (Phi) is 4.58. The highest BCUT2D eigenvalue weighted by atomic mass is 127. The largest absolute Gasteiger partial charge is 0.480 e. The highest BCUT2D eigenvalue weighted by molar-refractivity contribution is 14.1. The van der Waals surface area contributed by atoms with Gasteiger partial charge in [0.1, 0.15) is 5.82 Å². The minimum atomic E-state index is -0.439. The summed E-state index contributed by atoms with van der Waals surface area (Å²) >= 11 is 2.17. The van der Waals surface area contributed by atoms with E-state index in [2.05, 4.69) is 37.5 Å². The number of methoxy groups -OCH3 is 1. The van der Waals surface area contributed by atoms with Crippen molar-refractivity contribution >= 4 is 28.6 Å². The number of ether oxygens (including phenoxy) is 2. The number of carbonyl (C=O) groups is 1. The van der Waals surface area contributed by atoms with Crippen LogP contribution in [-0.2, 0) is 4.74 Å². The molecule has 7 heteroatoms. The summed E-state index contributed by atoms with van der Waals surface area (Å²) in [4.78, 5) is 23.3. The Labute approximate surface area is 130 Å². The Hall–Kier alpha value is -1.64. The van der Waals surface area contributed by atoms with Crippen LogP contribution in [-0.4, -0.2) is 34.6 Å². The monoisotopic (exact) mass is 387 g/mol. The van der Waals surface area contributed by atoms with E-state index in [1.165, 1.54) is 0 Å². The van der Waals surface area contributed by atoms with Crippen LogP contribution < -0.4 is 4.74 Å². The molecule has 0 saturated heterocycles. The summed E-state index contributed by atoms with van der Waals surface area (Å²) in [6, 6.07) is 1.85. The number of aromatic nitrogens is 3. The van der Waals surface area contributed by atoms with Crippen LogP contribution in [0.4, 0.5) is 0 Å². The number of rotatable bonds is 4. The molecule has 0 bridgehead atoms. The van der Waals surface area contributed by atoms with Crippen molar-refractivity contribution in [3.63, 3.8) is 0 Å². The lowest BCUT2D eigenvalue weighted by Crippen LogP contribution is -2.06. The molecule has 0 aromatic carbocycles. The van der Waals surface area contributed by atoms with Gasteiger partial charge in [0.25, 0.3) is 0 Å². The van der Waals surface area contributed by atoms with E-state index in [0.717, 1.165) is 9.13 Å². The van der Waals surface area contributed by atoms with Crippen molar-refractivity contribution in [1.29, 1.82) is 0 Å². The molecule has 0 unspecified atom stereocenters. The minimum Gasteiger partial charge on any atom is -0.480 e. The van der Waals surface area contributed by atoms with E-state index in [0.29, 0.717) is 24.0 Å². The van der Waals surface area contributed by atoms with Crippen molar-refractivity contribution < 1.29 is 14.3 Å². The molecule has 106 valence electrons. The predicted octanol–water partition coefficient (Wildman–Crippen LogP) is 2.57. The number of pyridine rings is 1. The standard InChI is InChI=1S/C13H14IN3O3/c1-4-20-13(18)10-7(2)16-11(17-10)9-8(14)5-6-15-12(9)19-3/h5-6H,4H2,1-3H3,(H,16,17). The lowest BCUT2D eigenvalue weighted by molar-refractivity contribution is 0.0519. The van der Waals surface area contributed by atoms with Gasteiger partial charge in [-0.25, -0.2) is 14.8 Å². The number of imidazole rings is 1. The van der Waals surface area contributed by atoms with Gasteiger partial charge in [0.2, 0.25) is 5.88 Å². The van der Waals surface area contributed by atoms with Gasteiger partial charge in [-0.2, -0.15) is 0 Å². The van der Waals surface area contributed by atoms with Crippen LogP contribution in [0.3, 0.4) is 0 Å². The molecule has 2 heterocycles. The maximum atomic E-state index is 11.8. The van der Waals surface area contributed by atoms with Crippen molar-refractivity contribution in [3.8, 4) is 17.3 Å². The van der Waals surface area contributed by atoms with Gasteiger partial charge in [0.05, 0.1) is 19.3 Å². The van der Waals surface area contributed by atoms with Gasteiger partial charge in [-0.3, -0.25) is 0 Å². The first-order chi connectivity index (χ1) is 9.58. The molecule has 6 nitrogen and oxygen atoms in total. The topological polar surface area (TPSA) is 77.1 Å². The molecule has 0 fully saturated rings. The van der Waals surface area contributed by atoms with Crippen LogP contribution in [0.2, 0.25) is 0 Å². The normalized spacial score (nSPS) is 10.4. The number of nitrogens with zero attached hydrogens (tertiary/aromatic N) is 2. The molecule has 1 N–H and O–H groups in total. The van der Waals surface area contributed by atoms with Crippen LogP contribution in [0.25, 0.3) is 11.4 Å². The summed E-state index contributed by atoms with van der Waals surface area (Å²) in [5.41, 5.74) is 1.66. The quantitative estimate of drug-likeness (QED) is 0.645. The molecule has 0 atom stereocenters. The molecule has 0 spiro atoms. The fraction of sp³-hybridized carbons (Fsp3) is 0.308. The number of aromatic amines is 1. The fourth-order valence-electron chi connectivity index (χ4n) is 1.77. The molecule has 0 aliphatic carbocycles. The molecule has 2 rings (SSSR count). The SMILES string of the molecule is CCOC(=O)c1nc(-c2c(I)ccnc2OC)[nH]c1C. The van der Waals surface area contributed by atoms with Crippen molar-refractivity contribution in [2.75, 3.05) is 13.7 Å². The van der Waals surface area contributed by atoms with E-state index in [1.54, 1.807) is 27.2 Å². The predicted molar refractivity (Wildman–Crippen MR) is 81.8 cm³/mol. The summed E-state index contributed by atoms with van der Waals surface area (Å²) in [5.74, 6) is 0.561. The third-order valence-corrected chi connectivity index (χ3v) is 3.55. The lowest BCUT2D eigenvalue weighted by atomic mass is 10.2. The molecule has 0 radical (unpaired) electrons. The Morgan fingerprint density at radius 2 is 2.25 bits per heavy atom. The average Bonchev–Trinajstić information content (AvgIpc) is 2.80. The van der Waals surface area contributed by atoms with Crippen molar-refractivity contribution in [2.45, 2.75) is 13.8 Å². The van der Waals surface area contributed by atoms with Crippen LogP contribution in [0, 0.1) is 10.5 Å². The third-order valence-electron chi connectivity index (χ3n) is 2.65. The maximum absolute atomic E-state index is 11.8. The first kappa shape index (κ1) is 14.8. The van der Waals surface area contributed by atoms with Crippen LogP contribution >= 0.6 is 22.6 Å². The van der Waals surface area contributed by atoms with Gasteiger partial charge < -0.3 is 14.5 Å². The van der Waals surface area contributed by atoms with Crippen molar-refractivity contribution in [2.24, 2.45) is 0 Å². The molecule has 0 saturated carbocycles. The van der Waals surface area contributed by atoms with Crippen LogP contribution in [0.5, 0.6) is 5.88 Å². The van der Waals surface area contributed by atoms with E-state index in [1.807, 2.05) is 6.07 Å². The number of aryl methyl sites for hydroxylation is 1. The van der Waals surface area contributed by atoms with Gasteiger partial charge in [0.15, 0.2) is 5.69 Å². The average molecular weight is 387 g/mol. The summed E-state index contributed by atoms with van der Waals surface area (Å²) < 4.78 is 11.1. The van der Waals surface area contributed by atoms with Crippen molar-refractivity contribution in [1.82, 2.24) is 15.0 Å².